The molecule has 0 aliphatic carbocycles. The predicted octanol–water partition coefficient (Wildman–Crippen LogP) is 4.30. The van der Waals surface area contributed by atoms with Gasteiger partial charge in [-0.05, 0) is 36.8 Å². The number of benzene rings is 2. The van der Waals surface area contributed by atoms with Crippen LogP contribution in [0.1, 0.15) is 17.0 Å². The average molecular weight is 381 g/mol. The number of fused-ring (bicyclic) bond motifs is 1. The lowest BCUT2D eigenvalue weighted by atomic mass is 10.2. The molecule has 0 atom stereocenters. The van der Waals surface area contributed by atoms with Gasteiger partial charge in [0, 0.05) is 0 Å². The van der Waals surface area contributed by atoms with Crippen molar-refractivity contribution >= 4 is 32.8 Å². The molecule has 0 radical (unpaired) electrons. The van der Waals surface area contributed by atoms with Crippen LogP contribution in [0.5, 0.6) is 0 Å². The van der Waals surface area contributed by atoms with E-state index in [1.807, 2.05) is 19.1 Å². The summed E-state index contributed by atoms with van der Waals surface area (Å²) in [6.07, 6.45) is -3.17. The minimum absolute atomic E-state index is 0.0834. The fourth-order valence-corrected chi connectivity index (χ4v) is 3.11. The number of rotatable bonds is 4. The second kappa shape index (κ2) is 6.49. The van der Waals surface area contributed by atoms with Crippen molar-refractivity contribution in [1.82, 2.24) is 9.97 Å². The molecule has 5 nitrogen and oxygen atoms in total. The van der Waals surface area contributed by atoms with E-state index >= 15 is 0 Å². The topological polar surface area (TPSA) is 74.8 Å². The second-order valence-corrected chi connectivity index (χ2v) is 7.24. The summed E-state index contributed by atoms with van der Waals surface area (Å²) in [6, 6.07) is 11.2. The molecule has 2 N–H and O–H groups in total. The highest BCUT2D eigenvalue weighted by Crippen LogP contribution is 2.29. The van der Waals surface area contributed by atoms with E-state index in [0.29, 0.717) is 5.56 Å². The first-order valence-corrected chi connectivity index (χ1v) is 9.02. The summed E-state index contributed by atoms with van der Waals surface area (Å²) < 4.78 is 64.6. The van der Waals surface area contributed by atoms with Crippen molar-refractivity contribution in [2.75, 3.05) is 4.72 Å². The van der Waals surface area contributed by atoms with Crippen LogP contribution in [0, 0.1) is 6.92 Å². The zero-order valence-corrected chi connectivity index (χ0v) is 14.3. The first kappa shape index (κ1) is 18.0. The van der Waals surface area contributed by atoms with Gasteiger partial charge in [-0.15, -0.1) is 0 Å². The lowest BCUT2D eigenvalue weighted by Crippen LogP contribution is -2.08. The van der Waals surface area contributed by atoms with Crippen LogP contribution in [0.3, 0.4) is 0 Å². The third-order valence-corrected chi connectivity index (χ3v) is 4.54. The Morgan fingerprint density at radius 3 is 2.46 bits per heavy atom. The van der Waals surface area contributed by atoms with Gasteiger partial charge >= 0.3 is 6.18 Å². The molecule has 3 aromatic rings. The van der Waals surface area contributed by atoms with Gasteiger partial charge in [-0.25, -0.2) is 13.4 Å². The maximum atomic E-state index is 12.7. The number of aromatic nitrogens is 2. The number of hydrogen-bond donors (Lipinski definition) is 2. The van der Waals surface area contributed by atoms with Crippen LogP contribution in [-0.2, 0) is 16.2 Å². The van der Waals surface area contributed by atoms with Gasteiger partial charge in [0.25, 0.3) is 10.0 Å². The number of imidazole rings is 1. The second-order valence-electron chi connectivity index (χ2n) is 5.68. The summed E-state index contributed by atoms with van der Waals surface area (Å²) in [5, 5.41) is 0.996. The minimum atomic E-state index is -4.60. The molecule has 1 aromatic heterocycles. The van der Waals surface area contributed by atoms with E-state index in [4.69, 9.17) is 0 Å². The molecule has 0 unspecified atom stereocenters. The van der Waals surface area contributed by atoms with Gasteiger partial charge < -0.3 is 4.98 Å². The molecular weight excluding hydrogens is 367 g/mol. The van der Waals surface area contributed by atoms with Gasteiger partial charge in [0.1, 0.15) is 0 Å². The zero-order valence-electron chi connectivity index (χ0n) is 13.5. The van der Waals surface area contributed by atoms with E-state index in [1.54, 1.807) is 12.1 Å². The summed E-state index contributed by atoms with van der Waals surface area (Å²) in [5.41, 5.74) is 2.06. The predicted molar refractivity (Wildman–Crippen MR) is 93.9 cm³/mol. The van der Waals surface area contributed by atoms with E-state index in [1.165, 1.54) is 24.3 Å². The number of aromatic amines is 1. The number of alkyl halides is 3. The molecule has 26 heavy (non-hydrogen) atoms. The van der Waals surface area contributed by atoms with E-state index < -0.39 is 22.0 Å². The van der Waals surface area contributed by atoms with Crippen molar-refractivity contribution in [3.63, 3.8) is 0 Å². The van der Waals surface area contributed by atoms with E-state index in [2.05, 4.69) is 14.7 Å². The van der Waals surface area contributed by atoms with Crippen LogP contribution in [0.25, 0.3) is 17.1 Å². The average Bonchev–Trinajstić information content (AvgIpc) is 2.97. The normalized spacial score (nSPS) is 12.8. The maximum Gasteiger partial charge on any atom is 0.449 e. The first-order valence-electron chi connectivity index (χ1n) is 7.47. The van der Waals surface area contributed by atoms with Crippen molar-refractivity contribution in [2.24, 2.45) is 0 Å². The highest BCUT2D eigenvalue weighted by Gasteiger charge is 2.34. The number of nitrogens with zero attached hydrogens (tertiary/aromatic N) is 1. The molecule has 0 aliphatic rings. The largest absolute Gasteiger partial charge is 0.449 e. The SMILES string of the molecule is Cc1ccc(C=CS(=O)(=O)Nc2ccc3nc(C(F)(F)F)[nH]c3c2)cc1. The molecule has 0 spiro atoms. The van der Waals surface area contributed by atoms with Gasteiger partial charge in [-0.1, -0.05) is 29.8 Å². The van der Waals surface area contributed by atoms with Gasteiger partial charge in [0.15, 0.2) is 0 Å². The van der Waals surface area contributed by atoms with Crippen LogP contribution in [-0.4, -0.2) is 18.4 Å². The molecular formula is C17H14F3N3O2S. The molecule has 136 valence electrons. The molecule has 0 aliphatic heterocycles. The molecule has 0 bridgehead atoms. The molecule has 9 heteroatoms. The number of nitrogens with one attached hydrogen (secondary N) is 2. The Balaban J connectivity index is 1.81. The fraction of sp³-hybridized carbons (Fsp3) is 0.118. The van der Waals surface area contributed by atoms with Crippen LogP contribution < -0.4 is 4.72 Å². The number of sulfonamides is 1. The van der Waals surface area contributed by atoms with Crippen LogP contribution in [0.2, 0.25) is 0 Å². The van der Waals surface area contributed by atoms with E-state index in [9.17, 15) is 21.6 Å². The molecule has 0 fully saturated rings. The monoisotopic (exact) mass is 381 g/mol. The standard InChI is InChI=1S/C17H14F3N3O2S/c1-11-2-4-12(5-3-11)8-9-26(24,25)23-13-6-7-14-15(10-13)22-16(21-14)17(18,19)20/h2-10,23H,1H3,(H,21,22). The molecule has 0 saturated carbocycles. The number of H-pyrrole nitrogens is 1. The maximum absolute atomic E-state index is 12.7. The Bertz CT molecular complexity index is 1070. The van der Waals surface area contributed by atoms with Crippen molar-refractivity contribution in [3.05, 3.63) is 64.8 Å². The van der Waals surface area contributed by atoms with Crippen LogP contribution >= 0.6 is 0 Å². The van der Waals surface area contributed by atoms with Crippen molar-refractivity contribution in [3.8, 4) is 0 Å². The Kier molecular flexibility index (Phi) is 4.49. The van der Waals surface area contributed by atoms with Crippen molar-refractivity contribution < 1.29 is 21.6 Å². The fourth-order valence-electron chi connectivity index (χ4n) is 2.25. The third kappa shape index (κ3) is 4.23. The van der Waals surface area contributed by atoms with Crippen LogP contribution in [0.15, 0.2) is 47.9 Å². The smallest absolute Gasteiger partial charge is 0.334 e. The molecule has 3 rings (SSSR count). The minimum Gasteiger partial charge on any atom is -0.334 e. The Labute approximate surface area is 147 Å². The quantitative estimate of drug-likeness (QED) is 0.707. The van der Waals surface area contributed by atoms with Crippen molar-refractivity contribution in [1.29, 1.82) is 0 Å². The molecule has 0 saturated heterocycles. The van der Waals surface area contributed by atoms with Gasteiger partial charge in [-0.3, -0.25) is 4.72 Å². The zero-order chi connectivity index (χ0) is 18.9. The lowest BCUT2D eigenvalue weighted by molar-refractivity contribution is -0.144. The van der Waals surface area contributed by atoms with Gasteiger partial charge in [-0.2, -0.15) is 13.2 Å². The van der Waals surface area contributed by atoms with Crippen molar-refractivity contribution in [2.45, 2.75) is 13.1 Å². The van der Waals surface area contributed by atoms with E-state index in [0.717, 1.165) is 11.0 Å². The number of aryl methyl sites for hydroxylation is 1. The van der Waals surface area contributed by atoms with Gasteiger partial charge in [0.2, 0.25) is 5.82 Å². The molecule has 0 amide bonds. The molecule has 2 aromatic carbocycles. The number of halogens is 3. The Morgan fingerprint density at radius 1 is 1.12 bits per heavy atom. The third-order valence-electron chi connectivity index (χ3n) is 3.53. The van der Waals surface area contributed by atoms with E-state index in [-0.39, 0.29) is 16.7 Å². The summed E-state index contributed by atoms with van der Waals surface area (Å²) >= 11 is 0. The highest BCUT2D eigenvalue weighted by molar-refractivity contribution is 7.95. The summed E-state index contributed by atoms with van der Waals surface area (Å²) in [5.74, 6) is -1.13. The number of hydrogen-bond acceptors (Lipinski definition) is 3. The first-order chi connectivity index (χ1) is 12.1. The molecule has 1 heterocycles. The van der Waals surface area contributed by atoms with Gasteiger partial charge in [0.05, 0.1) is 22.1 Å². The summed E-state index contributed by atoms with van der Waals surface area (Å²) in [6.45, 7) is 1.92. The highest BCUT2D eigenvalue weighted by atomic mass is 32.2. The lowest BCUT2D eigenvalue weighted by Gasteiger charge is -2.04. The summed E-state index contributed by atoms with van der Waals surface area (Å²) in [4.78, 5) is 5.57. The Morgan fingerprint density at radius 2 is 1.81 bits per heavy atom. The Hall–Kier alpha value is -2.81. The summed E-state index contributed by atoms with van der Waals surface area (Å²) in [7, 11) is -3.82. The van der Waals surface area contributed by atoms with Crippen LogP contribution in [0.4, 0.5) is 18.9 Å². The number of anilines is 1.